The molecule has 0 heterocycles. The van der Waals surface area contributed by atoms with E-state index >= 15 is 0 Å². The van der Waals surface area contributed by atoms with Crippen molar-refractivity contribution in [3.05, 3.63) is 52.0 Å². The number of ether oxygens (including phenoxy) is 2. The topological polar surface area (TPSA) is 47.6 Å². The monoisotopic (exact) mass is 367 g/mol. The number of rotatable bonds is 7. The second-order valence-electron chi connectivity index (χ2n) is 5.00. The number of carbonyl (C=O) groups is 1. The molecule has 0 aliphatic rings. The zero-order valence-electron chi connectivity index (χ0n) is 13.6. The van der Waals surface area contributed by atoms with Crippen molar-refractivity contribution in [2.75, 3.05) is 18.5 Å². The van der Waals surface area contributed by atoms with E-state index in [2.05, 4.69) is 5.32 Å². The van der Waals surface area contributed by atoms with Gasteiger partial charge in [0.2, 0.25) is 5.91 Å². The molecule has 1 amide bonds. The van der Waals surface area contributed by atoms with Crippen LogP contribution in [0.15, 0.2) is 36.4 Å². The summed E-state index contributed by atoms with van der Waals surface area (Å²) >= 11 is 11.9. The molecule has 0 atom stereocenters. The molecule has 128 valence electrons. The van der Waals surface area contributed by atoms with E-state index in [4.69, 9.17) is 32.7 Å². The van der Waals surface area contributed by atoms with Crippen molar-refractivity contribution in [3.63, 3.8) is 0 Å². The van der Waals surface area contributed by atoms with Gasteiger partial charge in [0.25, 0.3) is 0 Å². The molecule has 6 heteroatoms. The third-order valence-electron chi connectivity index (χ3n) is 3.18. The predicted molar refractivity (Wildman–Crippen MR) is 97.6 cm³/mol. The van der Waals surface area contributed by atoms with Crippen molar-refractivity contribution in [1.82, 2.24) is 0 Å². The molecule has 2 aromatic rings. The van der Waals surface area contributed by atoms with Crippen LogP contribution in [0, 0.1) is 0 Å². The molecule has 0 aliphatic carbocycles. The van der Waals surface area contributed by atoms with Gasteiger partial charge in [-0.3, -0.25) is 4.79 Å². The minimum absolute atomic E-state index is 0.178. The second kappa shape index (κ2) is 8.81. The quantitative estimate of drug-likeness (QED) is 0.751. The lowest BCUT2D eigenvalue weighted by molar-refractivity contribution is -0.115. The fourth-order valence-electron chi connectivity index (χ4n) is 2.17. The first kappa shape index (κ1) is 18.4. The third-order valence-corrected chi connectivity index (χ3v) is 3.92. The minimum atomic E-state index is -0.178. The van der Waals surface area contributed by atoms with Gasteiger partial charge in [-0.05, 0) is 43.7 Å². The molecule has 2 aromatic carbocycles. The Morgan fingerprint density at radius 2 is 1.75 bits per heavy atom. The van der Waals surface area contributed by atoms with Crippen LogP contribution < -0.4 is 14.8 Å². The molecule has 1 N–H and O–H groups in total. The van der Waals surface area contributed by atoms with Crippen molar-refractivity contribution >= 4 is 34.8 Å². The summed E-state index contributed by atoms with van der Waals surface area (Å²) in [6, 6.07) is 10.5. The molecule has 2 rings (SSSR count). The van der Waals surface area contributed by atoms with Gasteiger partial charge in [0.1, 0.15) is 11.5 Å². The number of anilines is 1. The van der Waals surface area contributed by atoms with Crippen molar-refractivity contribution in [3.8, 4) is 11.5 Å². The SMILES string of the molecule is CCOc1ccc(OCC)c(NC(=O)Cc2ccc(Cl)c(Cl)c2)c1. The maximum atomic E-state index is 12.3. The number of benzene rings is 2. The van der Waals surface area contributed by atoms with Gasteiger partial charge in [-0.1, -0.05) is 29.3 Å². The fourth-order valence-corrected chi connectivity index (χ4v) is 2.49. The molecular weight excluding hydrogens is 349 g/mol. The first-order valence-electron chi connectivity index (χ1n) is 7.67. The summed E-state index contributed by atoms with van der Waals surface area (Å²) in [7, 11) is 0. The van der Waals surface area contributed by atoms with E-state index in [-0.39, 0.29) is 12.3 Å². The second-order valence-corrected chi connectivity index (χ2v) is 5.81. The summed E-state index contributed by atoms with van der Waals surface area (Å²) < 4.78 is 11.0. The van der Waals surface area contributed by atoms with Gasteiger partial charge < -0.3 is 14.8 Å². The average Bonchev–Trinajstić information content (AvgIpc) is 2.54. The average molecular weight is 368 g/mol. The molecule has 0 aliphatic heterocycles. The number of hydrogen-bond donors (Lipinski definition) is 1. The summed E-state index contributed by atoms with van der Waals surface area (Å²) in [4.78, 5) is 12.3. The highest BCUT2D eigenvalue weighted by Gasteiger charge is 2.11. The van der Waals surface area contributed by atoms with Crippen LogP contribution in [-0.4, -0.2) is 19.1 Å². The molecule has 0 spiro atoms. The standard InChI is InChI=1S/C18H19Cl2NO3/c1-3-23-13-6-8-17(24-4-2)16(11-13)21-18(22)10-12-5-7-14(19)15(20)9-12/h5-9,11H,3-4,10H2,1-2H3,(H,21,22). The fraction of sp³-hybridized carbons (Fsp3) is 0.278. The van der Waals surface area contributed by atoms with Crippen molar-refractivity contribution in [2.24, 2.45) is 0 Å². The van der Waals surface area contributed by atoms with Crippen LogP contribution in [0.1, 0.15) is 19.4 Å². The molecule has 0 fully saturated rings. The van der Waals surface area contributed by atoms with Crippen LogP contribution in [0.2, 0.25) is 10.0 Å². The maximum Gasteiger partial charge on any atom is 0.228 e. The Labute approximate surface area is 151 Å². The van der Waals surface area contributed by atoms with E-state index in [1.165, 1.54) is 0 Å². The third kappa shape index (κ3) is 5.05. The van der Waals surface area contributed by atoms with Crippen molar-refractivity contribution in [2.45, 2.75) is 20.3 Å². The molecule has 0 aromatic heterocycles. The van der Waals surface area contributed by atoms with Gasteiger partial charge in [-0.2, -0.15) is 0 Å². The zero-order valence-corrected chi connectivity index (χ0v) is 15.1. The first-order chi connectivity index (χ1) is 11.5. The maximum absolute atomic E-state index is 12.3. The summed E-state index contributed by atoms with van der Waals surface area (Å²) in [5.41, 5.74) is 1.36. The van der Waals surface area contributed by atoms with Crippen molar-refractivity contribution < 1.29 is 14.3 Å². The highest BCUT2D eigenvalue weighted by molar-refractivity contribution is 6.42. The summed E-state index contributed by atoms with van der Waals surface area (Å²) in [6.45, 7) is 4.84. The lowest BCUT2D eigenvalue weighted by atomic mass is 10.1. The van der Waals surface area contributed by atoms with E-state index in [1.807, 2.05) is 19.9 Å². The summed E-state index contributed by atoms with van der Waals surface area (Å²) in [5.74, 6) is 1.09. The molecule has 0 saturated carbocycles. The number of carbonyl (C=O) groups excluding carboxylic acids is 1. The largest absolute Gasteiger partial charge is 0.494 e. The lowest BCUT2D eigenvalue weighted by Crippen LogP contribution is -2.15. The molecule has 0 bridgehead atoms. The number of halogens is 2. The normalized spacial score (nSPS) is 10.3. The highest BCUT2D eigenvalue weighted by atomic mass is 35.5. The molecule has 0 radical (unpaired) electrons. The minimum Gasteiger partial charge on any atom is -0.494 e. The van der Waals surface area contributed by atoms with Gasteiger partial charge in [0.05, 0.1) is 35.4 Å². The van der Waals surface area contributed by atoms with Crippen LogP contribution in [0.25, 0.3) is 0 Å². The summed E-state index contributed by atoms with van der Waals surface area (Å²) in [5, 5.41) is 3.74. The van der Waals surface area contributed by atoms with Gasteiger partial charge in [0.15, 0.2) is 0 Å². The van der Waals surface area contributed by atoms with E-state index in [0.717, 1.165) is 5.56 Å². The number of amides is 1. The van der Waals surface area contributed by atoms with Crippen molar-refractivity contribution in [1.29, 1.82) is 0 Å². The Balaban J connectivity index is 2.13. The van der Waals surface area contributed by atoms with Crippen LogP contribution in [0.5, 0.6) is 11.5 Å². The van der Waals surface area contributed by atoms with Gasteiger partial charge >= 0.3 is 0 Å². The van der Waals surface area contributed by atoms with E-state index in [0.29, 0.717) is 40.4 Å². The van der Waals surface area contributed by atoms with Crippen LogP contribution in [0.4, 0.5) is 5.69 Å². The zero-order chi connectivity index (χ0) is 17.5. The van der Waals surface area contributed by atoms with E-state index in [9.17, 15) is 4.79 Å². The Morgan fingerprint density at radius 1 is 1.00 bits per heavy atom. The highest BCUT2D eigenvalue weighted by Crippen LogP contribution is 2.30. The lowest BCUT2D eigenvalue weighted by Gasteiger charge is -2.13. The molecule has 0 unspecified atom stereocenters. The predicted octanol–water partition coefficient (Wildman–Crippen LogP) is 4.97. The van der Waals surface area contributed by atoms with Crippen LogP contribution in [-0.2, 0) is 11.2 Å². The molecule has 4 nitrogen and oxygen atoms in total. The Kier molecular flexibility index (Phi) is 6.76. The number of hydrogen-bond acceptors (Lipinski definition) is 3. The van der Waals surface area contributed by atoms with E-state index in [1.54, 1.807) is 30.3 Å². The van der Waals surface area contributed by atoms with Crippen LogP contribution in [0.3, 0.4) is 0 Å². The Morgan fingerprint density at radius 3 is 2.42 bits per heavy atom. The van der Waals surface area contributed by atoms with Gasteiger partial charge in [-0.25, -0.2) is 0 Å². The number of nitrogens with one attached hydrogen (secondary N) is 1. The van der Waals surface area contributed by atoms with Gasteiger partial charge in [0, 0.05) is 6.07 Å². The molecular formula is C18H19Cl2NO3. The summed E-state index contributed by atoms with van der Waals surface area (Å²) in [6.07, 6.45) is 0.182. The van der Waals surface area contributed by atoms with Crippen LogP contribution >= 0.6 is 23.2 Å². The molecule has 0 saturated heterocycles. The first-order valence-corrected chi connectivity index (χ1v) is 8.42. The Bertz CT molecular complexity index is 719. The smallest absolute Gasteiger partial charge is 0.228 e. The molecule has 24 heavy (non-hydrogen) atoms. The van der Waals surface area contributed by atoms with Gasteiger partial charge in [-0.15, -0.1) is 0 Å². The van der Waals surface area contributed by atoms with E-state index < -0.39 is 0 Å². The Hall–Kier alpha value is -1.91.